The minimum Gasteiger partial charge on any atom is -0.389 e. The number of aliphatic hydroxyl groups is 1. The van der Waals surface area contributed by atoms with Gasteiger partial charge in [-0.05, 0) is 52.4 Å². The molecular formula is C14H20BrNO. The monoisotopic (exact) mass is 297 g/mol. The Morgan fingerprint density at radius 3 is 2.59 bits per heavy atom. The highest BCUT2D eigenvalue weighted by atomic mass is 79.9. The maximum Gasteiger partial charge on any atom is 0.0762 e. The molecule has 0 aliphatic carbocycles. The highest BCUT2D eigenvalue weighted by molar-refractivity contribution is 9.10. The third-order valence-electron chi connectivity index (χ3n) is 3.47. The van der Waals surface area contributed by atoms with Gasteiger partial charge in [0.2, 0.25) is 0 Å². The minimum absolute atomic E-state index is 0.405. The largest absolute Gasteiger partial charge is 0.389 e. The predicted molar refractivity (Wildman–Crippen MR) is 75.4 cm³/mol. The molecule has 94 valence electrons. The zero-order valence-electron chi connectivity index (χ0n) is 10.7. The molecular weight excluding hydrogens is 278 g/mol. The van der Waals surface area contributed by atoms with E-state index in [1.165, 1.54) is 12.1 Å². The van der Waals surface area contributed by atoms with Crippen LogP contribution in [0.4, 0.5) is 5.69 Å². The molecule has 1 atom stereocenters. The van der Waals surface area contributed by atoms with Gasteiger partial charge in [-0.25, -0.2) is 0 Å². The number of aliphatic hydroxyl groups excluding tert-OH is 1. The summed E-state index contributed by atoms with van der Waals surface area (Å²) in [5.74, 6) is 0. The quantitative estimate of drug-likeness (QED) is 0.899. The van der Waals surface area contributed by atoms with Crippen molar-refractivity contribution in [2.75, 3.05) is 18.0 Å². The first-order valence-corrected chi connectivity index (χ1v) is 6.91. The summed E-state index contributed by atoms with van der Waals surface area (Å²) in [6, 6.07) is 6.13. The summed E-state index contributed by atoms with van der Waals surface area (Å²) in [6.07, 6.45) is 0.827. The molecule has 2 nitrogen and oxygen atoms in total. The lowest BCUT2D eigenvalue weighted by molar-refractivity contribution is 0.199. The fourth-order valence-electron chi connectivity index (χ4n) is 2.36. The van der Waals surface area contributed by atoms with Crippen molar-refractivity contribution in [1.29, 1.82) is 0 Å². The van der Waals surface area contributed by atoms with Crippen LogP contribution < -0.4 is 4.90 Å². The summed E-state index contributed by atoms with van der Waals surface area (Å²) in [5, 5.41) is 9.55. The molecule has 0 bridgehead atoms. The van der Waals surface area contributed by atoms with Crippen LogP contribution in [0.3, 0.4) is 0 Å². The lowest BCUT2D eigenvalue weighted by Gasteiger charge is -2.23. The molecule has 0 saturated carbocycles. The summed E-state index contributed by atoms with van der Waals surface area (Å²) in [7, 11) is 0. The Morgan fingerprint density at radius 2 is 2.12 bits per heavy atom. The van der Waals surface area contributed by atoms with Gasteiger partial charge >= 0.3 is 0 Å². The van der Waals surface area contributed by atoms with Gasteiger partial charge in [-0.1, -0.05) is 19.9 Å². The summed E-state index contributed by atoms with van der Waals surface area (Å²) >= 11 is 3.61. The number of hydrogen-bond acceptors (Lipinski definition) is 2. The van der Waals surface area contributed by atoms with E-state index in [0.717, 1.165) is 23.1 Å². The molecule has 1 heterocycles. The first kappa shape index (κ1) is 12.9. The van der Waals surface area contributed by atoms with Crippen molar-refractivity contribution in [3.63, 3.8) is 0 Å². The Balaban J connectivity index is 2.23. The van der Waals surface area contributed by atoms with Gasteiger partial charge in [0.15, 0.2) is 0 Å². The van der Waals surface area contributed by atoms with E-state index in [9.17, 15) is 5.11 Å². The Hall–Kier alpha value is -0.540. The lowest BCUT2D eigenvalue weighted by atomic mass is 9.93. The fourth-order valence-corrected chi connectivity index (χ4v) is 3.00. The third-order valence-corrected chi connectivity index (χ3v) is 4.11. The van der Waals surface area contributed by atoms with Crippen molar-refractivity contribution in [2.24, 2.45) is 5.41 Å². The molecule has 1 unspecified atom stereocenters. The zero-order valence-corrected chi connectivity index (χ0v) is 12.3. The van der Waals surface area contributed by atoms with Crippen LogP contribution in [0.2, 0.25) is 0 Å². The Bertz CT molecular complexity index is 415. The molecule has 1 fully saturated rings. The van der Waals surface area contributed by atoms with Crippen LogP contribution in [-0.2, 0) is 0 Å². The molecule has 2 rings (SSSR count). The van der Waals surface area contributed by atoms with Crippen LogP contribution in [0.5, 0.6) is 0 Å². The number of rotatable bonds is 2. The number of nitrogens with zero attached hydrogens (tertiary/aromatic N) is 1. The average molecular weight is 298 g/mol. The molecule has 0 spiro atoms. The van der Waals surface area contributed by atoms with Crippen molar-refractivity contribution >= 4 is 21.6 Å². The standard InChI is InChI=1S/C14H20BrNO/c1-10(17)11-4-5-13(12(15)8-11)16-7-6-14(2,3)9-16/h4-5,8,10,17H,6-7,9H2,1-3H3. The molecule has 0 radical (unpaired) electrons. The second-order valence-corrected chi connectivity index (χ2v) is 6.58. The van der Waals surface area contributed by atoms with E-state index in [1.807, 2.05) is 12.1 Å². The smallest absolute Gasteiger partial charge is 0.0762 e. The Labute approximate surface area is 112 Å². The molecule has 1 aliphatic heterocycles. The van der Waals surface area contributed by atoms with Gasteiger partial charge in [-0.3, -0.25) is 0 Å². The molecule has 3 heteroatoms. The molecule has 1 saturated heterocycles. The summed E-state index contributed by atoms with van der Waals surface area (Å²) in [5.41, 5.74) is 2.60. The van der Waals surface area contributed by atoms with Crippen LogP contribution in [-0.4, -0.2) is 18.2 Å². The van der Waals surface area contributed by atoms with E-state index < -0.39 is 6.10 Å². The molecule has 17 heavy (non-hydrogen) atoms. The van der Waals surface area contributed by atoms with Gasteiger partial charge in [0.25, 0.3) is 0 Å². The van der Waals surface area contributed by atoms with Gasteiger partial charge in [0.1, 0.15) is 0 Å². The summed E-state index contributed by atoms with van der Waals surface area (Å²) in [4.78, 5) is 2.41. The highest BCUT2D eigenvalue weighted by Gasteiger charge is 2.30. The zero-order chi connectivity index (χ0) is 12.6. The van der Waals surface area contributed by atoms with Gasteiger partial charge in [0.05, 0.1) is 11.8 Å². The number of benzene rings is 1. The summed E-state index contributed by atoms with van der Waals surface area (Å²) in [6.45, 7) is 8.62. The van der Waals surface area contributed by atoms with E-state index in [1.54, 1.807) is 6.92 Å². The van der Waals surface area contributed by atoms with Crippen LogP contribution in [0.25, 0.3) is 0 Å². The van der Waals surface area contributed by atoms with Gasteiger partial charge in [-0.2, -0.15) is 0 Å². The molecule has 1 aliphatic rings. The van der Waals surface area contributed by atoms with Gasteiger partial charge in [-0.15, -0.1) is 0 Å². The topological polar surface area (TPSA) is 23.5 Å². The van der Waals surface area contributed by atoms with Crippen molar-refractivity contribution in [2.45, 2.75) is 33.3 Å². The molecule has 0 aromatic heterocycles. The lowest BCUT2D eigenvalue weighted by Crippen LogP contribution is -2.23. The maximum absolute atomic E-state index is 9.55. The molecule has 1 aromatic carbocycles. The number of hydrogen-bond donors (Lipinski definition) is 1. The van der Waals surface area contributed by atoms with Gasteiger partial charge < -0.3 is 10.0 Å². The number of anilines is 1. The van der Waals surface area contributed by atoms with Gasteiger partial charge in [0, 0.05) is 17.6 Å². The second-order valence-electron chi connectivity index (χ2n) is 5.72. The van der Waals surface area contributed by atoms with Crippen molar-refractivity contribution in [1.82, 2.24) is 0 Å². The first-order valence-electron chi connectivity index (χ1n) is 6.11. The van der Waals surface area contributed by atoms with E-state index in [4.69, 9.17) is 0 Å². The van der Waals surface area contributed by atoms with Crippen LogP contribution in [0.15, 0.2) is 22.7 Å². The van der Waals surface area contributed by atoms with E-state index >= 15 is 0 Å². The van der Waals surface area contributed by atoms with Crippen molar-refractivity contribution in [3.8, 4) is 0 Å². The Morgan fingerprint density at radius 1 is 1.41 bits per heavy atom. The average Bonchev–Trinajstić information content (AvgIpc) is 2.58. The minimum atomic E-state index is -0.407. The van der Waals surface area contributed by atoms with Crippen molar-refractivity contribution < 1.29 is 5.11 Å². The molecule has 0 amide bonds. The molecule has 1 aromatic rings. The van der Waals surface area contributed by atoms with Crippen LogP contribution in [0.1, 0.15) is 38.9 Å². The normalized spacial score (nSPS) is 20.6. The van der Waals surface area contributed by atoms with E-state index in [-0.39, 0.29) is 0 Å². The Kier molecular flexibility index (Phi) is 3.50. The highest BCUT2D eigenvalue weighted by Crippen LogP contribution is 2.36. The SMILES string of the molecule is CC(O)c1ccc(N2CCC(C)(C)C2)c(Br)c1. The third kappa shape index (κ3) is 2.83. The molecule has 1 N–H and O–H groups in total. The maximum atomic E-state index is 9.55. The van der Waals surface area contributed by atoms with E-state index in [0.29, 0.717) is 5.41 Å². The summed E-state index contributed by atoms with van der Waals surface area (Å²) < 4.78 is 1.08. The van der Waals surface area contributed by atoms with Crippen molar-refractivity contribution in [3.05, 3.63) is 28.2 Å². The second kappa shape index (κ2) is 4.62. The van der Waals surface area contributed by atoms with Crippen LogP contribution in [0, 0.1) is 5.41 Å². The first-order chi connectivity index (χ1) is 7.89. The van der Waals surface area contributed by atoms with Crippen LogP contribution >= 0.6 is 15.9 Å². The fraction of sp³-hybridized carbons (Fsp3) is 0.571. The predicted octanol–water partition coefficient (Wildman–Crippen LogP) is 3.74. The number of halogens is 1. The van der Waals surface area contributed by atoms with E-state index in [2.05, 4.69) is 40.7 Å².